The molecule has 0 bridgehead atoms. The Labute approximate surface area is 99.2 Å². The first kappa shape index (κ1) is 10.7. The molecule has 1 aliphatic heterocycles. The van der Waals surface area contributed by atoms with Crippen molar-refractivity contribution in [1.29, 1.82) is 0 Å². The minimum atomic E-state index is -0.0338. The summed E-state index contributed by atoms with van der Waals surface area (Å²) < 4.78 is 5.40. The summed E-state index contributed by atoms with van der Waals surface area (Å²) in [6.45, 7) is 2.90. The molecule has 6 heteroatoms. The maximum atomic E-state index is 11.9. The van der Waals surface area contributed by atoms with Crippen molar-refractivity contribution in [3.63, 3.8) is 0 Å². The van der Waals surface area contributed by atoms with E-state index in [0.29, 0.717) is 11.8 Å². The lowest BCUT2D eigenvalue weighted by atomic mass is 10.0. The maximum Gasteiger partial charge on any atom is 0.322 e. The molecule has 1 saturated heterocycles. The Kier molecular flexibility index (Phi) is 2.58. The van der Waals surface area contributed by atoms with E-state index in [-0.39, 0.29) is 23.9 Å². The van der Waals surface area contributed by atoms with Gasteiger partial charge in [-0.25, -0.2) is 0 Å². The smallest absolute Gasteiger partial charge is 0.322 e. The van der Waals surface area contributed by atoms with Crippen LogP contribution in [0.15, 0.2) is 4.42 Å². The number of hydrogen-bond acceptors (Lipinski definition) is 5. The molecular formula is C11H16N4O2. The molecule has 0 aromatic carbocycles. The van der Waals surface area contributed by atoms with Crippen LogP contribution < -0.4 is 10.6 Å². The van der Waals surface area contributed by atoms with Crippen molar-refractivity contribution in [2.24, 2.45) is 5.92 Å². The van der Waals surface area contributed by atoms with E-state index in [2.05, 4.69) is 20.8 Å². The molecular weight excluding hydrogens is 220 g/mol. The van der Waals surface area contributed by atoms with Gasteiger partial charge >= 0.3 is 6.01 Å². The second-order valence-electron chi connectivity index (χ2n) is 4.85. The first-order valence-corrected chi connectivity index (χ1v) is 6.11. The third kappa shape index (κ3) is 2.17. The third-order valence-electron chi connectivity index (χ3n) is 3.46. The summed E-state index contributed by atoms with van der Waals surface area (Å²) in [4.78, 5) is 11.9. The Morgan fingerprint density at radius 1 is 1.41 bits per heavy atom. The van der Waals surface area contributed by atoms with E-state index in [9.17, 15) is 4.79 Å². The molecule has 2 aliphatic rings. The van der Waals surface area contributed by atoms with E-state index in [1.54, 1.807) is 0 Å². The fourth-order valence-corrected chi connectivity index (χ4v) is 2.20. The summed E-state index contributed by atoms with van der Waals surface area (Å²) in [7, 11) is 0. The van der Waals surface area contributed by atoms with Crippen LogP contribution in [0.25, 0.3) is 0 Å². The number of aromatic nitrogens is 2. The lowest BCUT2D eigenvalue weighted by Crippen LogP contribution is -2.32. The molecule has 2 N–H and O–H groups in total. The number of amides is 1. The summed E-state index contributed by atoms with van der Waals surface area (Å²) >= 11 is 0. The van der Waals surface area contributed by atoms with E-state index in [1.807, 2.05) is 6.92 Å². The molecule has 2 fully saturated rings. The third-order valence-corrected chi connectivity index (χ3v) is 3.46. The Morgan fingerprint density at radius 2 is 2.24 bits per heavy atom. The normalized spacial score (nSPS) is 28.3. The van der Waals surface area contributed by atoms with E-state index < -0.39 is 0 Å². The van der Waals surface area contributed by atoms with Crippen LogP contribution in [0.5, 0.6) is 0 Å². The zero-order valence-corrected chi connectivity index (χ0v) is 9.77. The molecule has 2 atom stereocenters. The standard InChI is InChI=1S/C11H16N4O2/c1-6-8(4-5-12-6)9(16)13-11-15-14-10(17-11)7-2-3-7/h6-8,12H,2-5H2,1H3,(H,13,15,16). The predicted molar refractivity (Wildman–Crippen MR) is 60.5 cm³/mol. The van der Waals surface area contributed by atoms with Crippen LogP contribution in [0, 0.1) is 5.92 Å². The number of anilines is 1. The highest BCUT2D eigenvalue weighted by atomic mass is 16.4. The molecule has 1 aliphatic carbocycles. The fraction of sp³-hybridized carbons (Fsp3) is 0.727. The molecule has 2 heterocycles. The Balaban J connectivity index is 1.63. The molecule has 2 unspecified atom stereocenters. The van der Waals surface area contributed by atoms with Gasteiger partial charge in [-0.3, -0.25) is 10.1 Å². The maximum absolute atomic E-state index is 11.9. The molecule has 1 aromatic rings. The molecule has 17 heavy (non-hydrogen) atoms. The quantitative estimate of drug-likeness (QED) is 0.814. The van der Waals surface area contributed by atoms with Gasteiger partial charge in [-0.15, -0.1) is 5.10 Å². The second-order valence-corrected chi connectivity index (χ2v) is 4.85. The highest BCUT2D eigenvalue weighted by molar-refractivity contribution is 5.91. The van der Waals surface area contributed by atoms with Crippen molar-refractivity contribution in [3.05, 3.63) is 5.89 Å². The second kappa shape index (κ2) is 4.10. The topological polar surface area (TPSA) is 80.0 Å². The van der Waals surface area contributed by atoms with Gasteiger partial charge in [-0.05, 0) is 32.7 Å². The van der Waals surface area contributed by atoms with Crippen molar-refractivity contribution < 1.29 is 9.21 Å². The number of carbonyl (C=O) groups excluding carboxylic acids is 1. The monoisotopic (exact) mass is 236 g/mol. The number of carbonyl (C=O) groups is 1. The minimum Gasteiger partial charge on any atom is -0.408 e. The summed E-state index contributed by atoms with van der Waals surface area (Å²) in [5, 5.41) is 13.7. The Bertz CT molecular complexity index is 427. The molecule has 3 rings (SSSR count). The van der Waals surface area contributed by atoms with E-state index in [0.717, 1.165) is 25.8 Å². The SMILES string of the molecule is CC1NCCC1C(=O)Nc1nnc(C2CC2)o1. The van der Waals surface area contributed by atoms with Crippen LogP contribution in [0.1, 0.15) is 38.0 Å². The van der Waals surface area contributed by atoms with Crippen LogP contribution in [0.4, 0.5) is 6.01 Å². The highest BCUT2D eigenvalue weighted by Crippen LogP contribution is 2.39. The Hall–Kier alpha value is -1.43. The molecule has 1 saturated carbocycles. The summed E-state index contributed by atoms with van der Waals surface area (Å²) in [5.74, 6) is 1.03. The van der Waals surface area contributed by atoms with E-state index in [1.165, 1.54) is 0 Å². The van der Waals surface area contributed by atoms with Gasteiger partial charge in [0.1, 0.15) is 0 Å². The van der Waals surface area contributed by atoms with Gasteiger partial charge in [0, 0.05) is 12.0 Å². The van der Waals surface area contributed by atoms with Gasteiger partial charge in [0.15, 0.2) is 0 Å². The predicted octanol–water partition coefficient (Wildman–Crippen LogP) is 0.883. The fourth-order valence-electron chi connectivity index (χ4n) is 2.20. The van der Waals surface area contributed by atoms with E-state index >= 15 is 0 Å². The van der Waals surface area contributed by atoms with Gasteiger partial charge in [0.2, 0.25) is 11.8 Å². The summed E-state index contributed by atoms with van der Waals surface area (Å²) in [5.41, 5.74) is 0. The first-order chi connectivity index (χ1) is 8.24. The van der Waals surface area contributed by atoms with Crippen LogP contribution in [-0.4, -0.2) is 28.7 Å². The molecule has 92 valence electrons. The first-order valence-electron chi connectivity index (χ1n) is 6.11. The lowest BCUT2D eigenvalue weighted by Gasteiger charge is -2.12. The molecule has 0 spiro atoms. The van der Waals surface area contributed by atoms with Crippen molar-refractivity contribution in [2.45, 2.75) is 38.1 Å². The van der Waals surface area contributed by atoms with Gasteiger partial charge in [0.25, 0.3) is 0 Å². The molecule has 1 amide bonds. The summed E-state index contributed by atoms with van der Waals surface area (Å²) in [6, 6.07) is 0.442. The van der Waals surface area contributed by atoms with Crippen LogP contribution >= 0.6 is 0 Å². The zero-order valence-electron chi connectivity index (χ0n) is 9.77. The van der Waals surface area contributed by atoms with Crippen molar-refractivity contribution in [3.8, 4) is 0 Å². The number of hydrogen-bond donors (Lipinski definition) is 2. The van der Waals surface area contributed by atoms with Gasteiger partial charge in [-0.1, -0.05) is 5.10 Å². The van der Waals surface area contributed by atoms with Gasteiger partial charge < -0.3 is 9.73 Å². The number of nitrogens with one attached hydrogen (secondary N) is 2. The van der Waals surface area contributed by atoms with E-state index in [4.69, 9.17) is 4.42 Å². The average molecular weight is 236 g/mol. The number of rotatable bonds is 3. The van der Waals surface area contributed by atoms with Gasteiger partial charge in [-0.2, -0.15) is 0 Å². The average Bonchev–Trinajstić information content (AvgIpc) is 2.90. The molecule has 0 radical (unpaired) electrons. The van der Waals surface area contributed by atoms with Crippen molar-refractivity contribution >= 4 is 11.9 Å². The number of nitrogens with zero attached hydrogens (tertiary/aromatic N) is 2. The molecule has 1 aromatic heterocycles. The highest BCUT2D eigenvalue weighted by Gasteiger charge is 2.32. The van der Waals surface area contributed by atoms with Gasteiger partial charge in [0.05, 0.1) is 5.92 Å². The minimum absolute atomic E-state index is 0.00808. The van der Waals surface area contributed by atoms with Crippen molar-refractivity contribution in [2.75, 3.05) is 11.9 Å². The van der Waals surface area contributed by atoms with Crippen LogP contribution in [0.2, 0.25) is 0 Å². The lowest BCUT2D eigenvalue weighted by molar-refractivity contribution is -0.120. The van der Waals surface area contributed by atoms with Crippen molar-refractivity contribution in [1.82, 2.24) is 15.5 Å². The summed E-state index contributed by atoms with van der Waals surface area (Å²) in [6.07, 6.45) is 3.08. The molecule has 6 nitrogen and oxygen atoms in total. The Morgan fingerprint density at radius 3 is 2.88 bits per heavy atom. The van der Waals surface area contributed by atoms with Crippen LogP contribution in [-0.2, 0) is 4.79 Å². The zero-order chi connectivity index (χ0) is 11.8. The van der Waals surface area contributed by atoms with Crippen LogP contribution in [0.3, 0.4) is 0 Å². The largest absolute Gasteiger partial charge is 0.408 e.